The van der Waals surface area contributed by atoms with E-state index in [2.05, 4.69) is 22.0 Å². The van der Waals surface area contributed by atoms with E-state index in [0.29, 0.717) is 5.41 Å². The van der Waals surface area contributed by atoms with Crippen LogP contribution < -0.4 is 5.32 Å². The third-order valence-corrected chi connectivity index (χ3v) is 5.54. The van der Waals surface area contributed by atoms with Gasteiger partial charge < -0.3 is 19.9 Å². The molecule has 0 spiro atoms. The molecule has 0 aromatic heterocycles. The average Bonchev–Trinajstić information content (AvgIpc) is 3.32. The van der Waals surface area contributed by atoms with Crippen LogP contribution in [-0.4, -0.2) is 75.4 Å². The Morgan fingerprint density at radius 3 is 2.33 bits per heavy atom. The van der Waals surface area contributed by atoms with Gasteiger partial charge in [0.2, 0.25) is 0 Å². The number of ether oxygens (including phenoxy) is 1. The molecule has 0 aromatic rings. The van der Waals surface area contributed by atoms with Gasteiger partial charge in [-0.2, -0.15) is 0 Å². The van der Waals surface area contributed by atoms with Crippen LogP contribution in [0.25, 0.3) is 0 Å². The number of hydrogen-bond donors (Lipinski definition) is 1. The van der Waals surface area contributed by atoms with Crippen LogP contribution in [0.3, 0.4) is 0 Å². The average molecular weight is 295 g/mol. The summed E-state index contributed by atoms with van der Waals surface area (Å²) in [4.78, 5) is 5.40. The van der Waals surface area contributed by atoms with Crippen LogP contribution in [0.1, 0.15) is 32.6 Å². The first-order chi connectivity index (χ1) is 10.3. The molecule has 0 radical (unpaired) electrons. The van der Waals surface area contributed by atoms with Crippen LogP contribution in [0.4, 0.5) is 0 Å². The number of rotatable bonds is 7. The number of nitrogens with one attached hydrogen (secondary N) is 1. The van der Waals surface area contributed by atoms with E-state index in [1.165, 1.54) is 65.0 Å². The van der Waals surface area contributed by atoms with E-state index in [4.69, 9.17) is 4.74 Å². The Balaban J connectivity index is 1.46. The van der Waals surface area contributed by atoms with E-state index in [1.807, 2.05) is 0 Å². The summed E-state index contributed by atoms with van der Waals surface area (Å²) < 4.78 is 5.61. The van der Waals surface area contributed by atoms with Gasteiger partial charge in [-0.05, 0) is 43.6 Å². The Kier molecular flexibility index (Phi) is 5.54. The minimum absolute atomic E-state index is 0.451. The molecule has 3 rings (SSSR count). The SMILES string of the molecule is CCNCC1(CN2CCN(CC3CC3)CC2)CCOCC1. The largest absolute Gasteiger partial charge is 0.381 e. The van der Waals surface area contributed by atoms with Crippen molar-refractivity contribution in [2.75, 3.05) is 65.6 Å². The monoisotopic (exact) mass is 295 g/mol. The van der Waals surface area contributed by atoms with Gasteiger partial charge in [0, 0.05) is 59.0 Å². The zero-order valence-electron chi connectivity index (χ0n) is 13.8. The van der Waals surface area contributed by atoms with Gasteiger partial charge in [0.15, 0.2) is 0 Å². The minimum atomic E-state index is 0.451. The molecular weight excluding hydrogens is 262 g/mol. The van der Waals surface area contributed by atoms with E-state index >= 15 is 0 Å². The molecule has 1 aliphatic carbocycles. The molecule has 1 N–H and O–H groups in total. The Bertz CT molecular complexity index is 305. The van der Waals surface area contributed by atoms with Crippen molar-refractivity contribution in [1.29, 1.82) is 0 Å². The summed E-state index contributed by atoms with van der Waals surface area (Å²) in [5.41, 5.74) is 0.451. The van der Waals surface area contributed by atoms with Crippen LogP contribution in [0.5, 0.6) is 0 Å². The maximum absolute atomic E-state index is 5.61. The number of nitrogens with zero attached hydrogens (tertiary/aromatic N) is 2. The maximum Gasteiger partial charge on any atom is 0.0472 e. The lowest BCUT2D eigenvalue weighted by Crippen LogP contribution is -2.53. The second-order valence-electron chi connectivity index (χ2n) is 7.41. The Labute approximate surface area is 130 Å². The lowest BCUT2D eigenvalue weighted by atomic mass is 9.79. The van der Waals surface area contributed by atoms with Crippen molar-refractivity contribution in [2.24, 2.45) is 11.3 Å². The van der Waals surface area contributed by atoms with Crippen molar-refractivity contribution in [1.82, 2.24) is 15.1 Å². The Hall–Kier alpha value is -0.160. The zero-order valence-corrected chi connectivity index (χ0v) is 13.8. The van der Waals surface area contributed by atoms with Gasteiger partial charge >= 0.3 is 0 Å². The molecule has 21 heavy (non-hydrogen) atoms. The first-order valence-corrected chi connectivity index (χ1v) is 9.03. The topological polar surface area (TPSA) is 27.7 Å². The van der Waals surface area contributed by atoms with Gasteiger partial charge in [0.05, 0.1) is 0 Å². The molecule has 122 valence electrons. The van der Waals surface area contributed by atoms with E-state index < -0.39 is 0 Å². The zero-order chi connectivity index (χ0) is 14.5. The summed E-state index contributed by atoms with van der Waals surface area (Å²) in [6, 6.07) is 0. The van der Waals surface area contributed by atoms with Crippen LogP contribution in [0, 0.1) is 11.3 Å². The van der Waals surface area contributed by atoms with Crippen molar-refractivity contribution in [3.63, 3.8) is 0 Å². The summed E-state index contributed by atoms with van der Waals surface area (Å²) in [7, 11) is 0. The van der Waals surface area contributed by atoms with Gasteiger partial charge in [-0.25, -0.2) is 0 Å². The molecule has 2 heterocycles. The van der Waals surface area contributed by atoms with Crippen LogP contribution in [0.2, 0.25) is 0 Å². The molecule has 3 fully saturated rings. The second kappa shape index (κ2) is 7.40. The van der Waals surface area contributed by atoms with Crippen molar-refractivity contribution in [3.8, 4) is 0 Å². The minimum Gasteiger partial charge on any atom is -0.381 e. The van der Waals surface area contributed by atoms with Crippen LogP contribution >= 0.6 is 0 Å². The fourth-order valence-corrected chi connectivity index (χ4v) is 3.86. The second-order valence-corrected chi connectivity index (χ2v) is 7.41. The Morgan fingerprint density at radius 1 is 1.05 bits per heavy atom. The molecule has 0 atom stereocenters. The van der Waals surface area contributed by atoms with Gasteiger partial charge in [-0.15, -0.1) is 0 Å². The molecule has 0 aromatic carbocycles. The molecule has 0 unspecified atom stereocenters. The summed E-state index contributed by atoms with van der Waals surface area (Å²) in [5, 5.41) is 3.60. The molecule has 1 saturated carbocycles. The van der Waals surface area contributed by atoms with Crippen LogP contribution in [0.15, 0.2) is 0 Å². The van der Waals surface area contributed by atoms with Gasteiger partial charge in [0.25, 0.3) is 0 Å². The summed E-state index contributed by atoms with van der Waals surface area (Å²) in [5.74, 6) is 1.03. The Morgan fingerprint density at radius 2 is 1.71 bits per heavy atom. The van der Waals surface area contributed by atoms with E-state index in [9.17, 15) is 0 Å². The molecule has 3 aliphatic rings. The summed E-state index contributed by atoms with van der Waals surface area (Å²) in [6.07, 6.45) is 5.41. The standard InChI is InChI=1S/C17H33N3O/c1-2-18-14-17(5-11-21-12-6-17)15-20-9-7-19(8-10-20)13-16-3-4-16/h16,18H,2-15H2,1H3. The highest BCUT2D eigenvalue weighted by atomic mass is 16.5. The van der Waals surface area contributed by atoms with E-state index in [0.717, 1.165) is 32.2 Å². The third kappa shape index (κ3) is 4.65. The van der Waals surface area contributed by atoms with Crippen molar-refractivity contribution < 1.29 is 4.74 Å². The quantitative estimate of drug-likeness (QED) is 0.769. The van der Waals surface area contributed by atoms with Gasteiger partial charge in [-0.3, -0.25) is 0 Å². The number of piperazine rings is 1. The highest BCUT2D eigenvalue weighted by Crippen LogP contribution is 2.32. The normalized spacial score (nSPS) is 27.9. The molecule has 4 heteroatoms. The van der Waals surface area contributed by atoms with E-state index in [1.54, 1.807) is 0 Å². The van der Waals surface area contributed by atoms with Gasteiger partial charge in [0.1, 0.15) is 0 Å². The number of hydrogen-bond acceptors (Lipinski definition) is 4. The fourth-order valence-electron chi connectivity index (χ4n) is 3.86. The summed E-state index contributed by atoms with van der Waals surface area (Å²) in [6.45, 7) is 14.1. The molecule has 0 bridgehead atoms. The first kappa shape index (κ1) is 15.7. The van der Waals surface area contributed by atoms with E-state index in [-0.39, 0.29) is 0 Å². The molecular formula is C17H33N3O. The smallest absolute Gasteiger partial charge is 0.0472 e. The molecule has 2 aliphatic heterocycles. The van der Waals surface area contributed by atoms with Gasteiger partial charge in [-0.1, -0.05) is 6.92 Å². The summed E-state index contributed by atoms with van der Waals surface area (Å²) >= 11 is 0. The predicted molar refractivity (Wildman–Crippen MR) is 86.6 cm³/mol. The maximum atomic E-state index is 5.61. The lowest BCUT2D eigenvalue weighted by molar-refractivity contribution is -0.0123. The third-order valence-electron chi connectivity index (χ3n) is 5.54. The fraction of sp³-hybridized carbons (Fsp3) is 1.00. The highest BCUT2D eigenvalue weighted by molar-refractivity contribution is 4.89. The molecule has 2 saturated heterocycles. The van der Waals surface area contributed by atoms with Crippen molar-refractivity contribution >= 4 is 0 Å². The predicted octanol–water partition coefficient (Wildman–Crippen LogP) is 1.42. The van der Waals surface area contributed by atoms with Crippen molar-refractivity contribution in [3.05, 3.63) is 0 Å². The molecule has 4 nitrogen and oxygen atoms in total. The highest BCUT2D eigenvalue weighted by Gasteiger charge is 2.35. The first-order valence-electron chi connectivity index (χ1n) is 9.03. The van der Waals surface area contributed by atoms with Crippen LogP contribution in [-0.2, 0) is 4.74 Å². The lowest BCUT2D eigenvalue weighted by Gasteiger charge is -2.44. The molecule has 0 amide bonds. The van der Waals surface area contributed by atoms with Crippen molar-refractivity contribution in [2.45, 2.75) is 32.6 Å².